The van der Waals surface area contributed by atoms with Crippen molar-refractivity contribution < 1.29 is 0 Å². The van der Waals surface area contributed by atoms with Crippen LogP contribution in [0, 0.1) is 5.41 Å². The molecule has 1 saturated carbocycles. The molecule has 1 unspecified atom stereocenters. The summed E-state index contributed by atoms with van der Waals surface area (Å²) >= 11 is 1.91. The number of aromatic nitrogens is 1. The van der Waals surface area contributed by atoms with Gasteiger partial charge in [-0.3, -0.25) is 0 Å². The minimum absolute atomic E-state index is 0.362. The van der Waals surface area contributed by atoms with Gasteiger partial charge in [-0.1, -0.05) is 25.2 Å². The second-order valence-corrected chi connectivity index (χ2v) is 7.90. The number of rotatable bonds is 3. The summed E-state index contributed by atoms with van der Waals surface area (Å²) in [6, 6.07) is 1.22. The predicted molar refractivity (Wildman–Crippen MR) is 82.1 cm³/mol. The van der Waals surface area contributed by atoms with Crippen molar-refractivity contribution in [2.75, 3.05) is 19.0 Å². The zero-order chi connectivity index (χ0) is 13.6. The molecule has 1 N–H and O–H groups in total. The molecule has 0 bridgehead atoms. The maximum Gasteiger partial charge on any atom is 0.185 e. The zero-order valence-corrected chi connectivity index (χ0v) is 13.3. The molecule has 3 rings (SSSR count). The number of fused-ring (bicyclic) bond motifs is 1. The molecule has 1 fully saturated rings. The van der Waals surface area contributed by atoms with Crippen molar-refractivity contribution in [3.8, 4) is 0 Å². The van der Waals surface area contributed by atoms with Crippen LogP contribution in [0.2, 0.25) is 0 Å². The Kier molecular flexibility index (Phi) is 3.34. The minimum Gasteiger partial charge on any atom is -0.348 e. The van der Waals surface area contributed by atoms with Crippen LogP contribution in [0.25, 0.3) is 0 Å². The highest BCUT2D eigenvalue weighted by Crippen LogP contribution is 2.45. The van der Waals surface area contributed by atoms with Crippen LogP contribution >= 0.6 is 11.3 Å². The number of hydrogen-bond donors (Lipinski definition) is 1. The molecule has 1 heterocycles. The van der Waals surface area contributed by atoms with Crippen LogP contribution in [0.3, 0.4) is 0 Å². The van der Waals surface area contributed by atoms with E-state index in [4.69, 9.17) is 4.98 Å². The normalized spacial score (nSPS) is 25.8. The molecule has 0 aromatic carbocycles. The summed E-state index contributed by atoms with van der Waals surface area (Å²) in [5.74, 6) is 0. The molecular formula is C15H25N3S. The Hall–Kier alpha value is -0.610. The largest absolute Gasteiger partial charge is 0.348 e. The fourth-order valence-corrected chi connectivity index (χ4v) is 4.46. The van der Waals surface area contributed by atoms with E-state index < -0.39 is 0 Å². The van der Waals surface area contributed by atoms with E-state index in [-0.39, 0.29) is 0 Å². The van der Waals surface area contributed by atoms with Crippen molar-refractivity contribution in [3.05, 3.63) is 10.6 Å². The highest BCUT2D eigenvalue weighted by atomic mass is 32.1. The van der Waals surface area contributed by atoms with E-state index in [1.165, 1.54) is 41.4 Å². The lowest BCUT2D eigenvalue weighted by molar-refractivity contribution is 0.265. The predicted octanol–water partition coefficient (Wildman–Crippen LogP) is 3.36. The molecule has 0 radical (unpaired) electrons. The summed E-state index contributed by atoms with van der Waals surface area (Å²) in [5.41, 5.74) is 1.70. The number of hydrogen-bond acceptors (Lipinski definition) is 4. The van der Waals surface area contributed by atoms with Gasteiger partial charge >= 0.3 is 0 Å². The molecule has 2 aliphatic carbocycles. The van der Waals surface area contributed by atoms with Gasteiger partial charge in [0.25, 0.3) is 0 Å². The second-order valence-electron chi connectivity index (χ2n) is 6.89. The molecule has 0 amide bonds. The van der Waals surface area contributed by atoms with Crippen molar-refractivity contribution >= 4 is 16.5 Å². The number of nitrogens with zero attached hydrogens (tertiary/aromatic N) is 2. The lowest BCUT2D eigenvalue weighted by Crippen LogP contribution is -2.37. The molecule has 1 atom stereocenters. The Morgan fingerprint density at radius 3 is 2.68 bits per heavy atom. The molecule has 4 heteroatoms. The third-order valence-electron chi connectivity index (χ3n) is 4.71. The van der Waals surface area contributed by atoms with Crippen LogP contribution in [0.4, 0.5) is 5.13 Å². The first-order chi connectivity index (χ1) is 9.00. The topological polar surface area (TPSA) is 28.2 Å². The van der Waals surface area contributed by atoms with Gasteiger partial charge in [0.1, 0.15) is 0 Å². The molecule has 0 aliphatic heterocycles. The number of thiazole rings is 1. The molecule has 2 aliphatic rings. The van der Waals surface area contributed by atoms with Gasteiger partial charge in [-0.2, -0.15) is 0 Å². The summed E-state index contributed by atoms with van der Waals surface area (Å²) in [4.78, 5) is 8.84. The van der Waals surface area contributed by atoms with E-state index in [9.17, 15) is 0 Å². The van der Waals surface area contributed by atoms with Gasteiger partial charge in [0, 0.05) is 24.0 Å². The average molecular weight is 279 g/mol. The first-order valence-corrected chi connectivity index (χ1v) is 8.21. The molecule has 0 spiro atoms. The molecule has 1 aromatic rings. The van der Waals surface area contributed by atoms with E-state index in [2.05, 4.69) is 38.2 Å². The Labute approximate surface area is 120 Å². The quantitative estimate of drug-likeness (QED) is 0.919. The average Bonchev–Trinajstić information content (AvgIpc) is 2.67. The van der Waals surface area contributed by atoms with Crippen LogP contribution < -0.4 is 10.2 Å². The third kappa shape index (κ3) is 2.40. The van der Waals surface area contributed by atoms with Crippen LogP contribution in [0.5, 0.6) is 0 Å². The van der Waals surface area contributed by atoms with Gasteiger partial charge in [0.05, 0.1) is 5.69 Å². The number of nitrogens with one attached hydrogen (secondary N) is 1. The van der Waals surface area contributed by atoms with Crippen LogP contribution in [0.15, 0.2) is 0 Å². The molecular weight excluding hydrogens is 254 g/mol. The van der Waals surface area contributed by atoms with Gasteiger partial charge < -0.3 is 10.2 Å². The van der Waals surface area contributed by atoms with E-state index in [0.29, 0.717) is 11.5 Å². The number of anilines is 1. The summed E-state index contributed by atoms with van der Waals surface area (Å²) < 4.78 is 0. The summed E-state index contributed by atoms with van der Waals surface area (Å²) in [5, 5.41) is 4.71. The summed E-state index contributed by atoms with van der Waals surface area (Å²) in [7, 11) is 4.29. The van der Waals surface area contributed by atoms with Gasteiger partial charge in [-0.05, 0) is 44.6 Å². The summed E-state index contributed by atoms with van der Waals surface area (Å²) in [6.07, 6.45) is 6.39. The summed E-state index contributed by atoms with van der Waals surface area (Å²) in [6.45, 7) is 4.71. The Balaban J connectivity index is 1.88. The highest BCUT2D eigenvalue weighted by molar-refractivity contribution is 7.15. The SMILES string of the molecule is CNC1CC(C)(C)Cc2nc(N(C)C3CCC3)sc21. The van der Waals surface area contributed by atoms with Gasteiger partial charge in [-0.15, -0.1) is 0 Å². The highest BCUT2D eigenvalue weighted by Gasteiger charge is 2.35. The van der Waals surface area contributed by atoms with E-state index in [0.717, 1.165) is 12.5 Å². The Bertz CT molecular complexity index is 462. The third-order valence-corrected chi connectivity index (χ3v) is 6.01. The molecule has 3 nitrogen and oxygen atoms in total. The molecule has 1 aromatic heterocycles. The van der Waals surface area contributed by atoms with E-state index >= 15 is 0 Å². The molecule has 0 saturated heterocycles. The monoisotopic (exact) mass is 279 g/mol. The first kappa shape index (κ1) is 13.4. The smallest absolute Gasteiger partial charge is 0.185 e. The van der Waals surface area contributed by atoms with E-state index in [1.54, 1.807) is 0 Å². The second kappa shape index (κ2) is 4.74. The lowest BCUT2D eigenvalue weighted by Gasteiger charge is -2.34. The Morgan fingerprint density at radius 2 is 2.11 bits per heavy atom. The van der Waals surface area contributed by atoms with Gasteiger partial charge in [-0.25, -0.2) is 4.98 Å². The van der Waals surface area contributed by atoms with Crippen molar-refractivity contribution in [1.82, 2.24) is 10.3 Å². The van der Waals surface area contributed by atoms with Crippen LogP contribution in [-0.4, -0.2) is 25.1 Å². The van der Waals surface area contributed by atoms with Gasteiger partial charge in [0.2, 0.25) is 0 Å². The maximum absolute atomic E-state index is 4.95. The van der Waals surface area contributed by atoms with Crippen molar-refractivity contribution in [2.45, 2.75) is 58.0 Å². The van der Waals surface area contributed by atoms with Crippen LogP contribution in [0.1, 0.15) is 56.1 Å². The fraction of sp³-hybridized carbons (Fsp3) is 0.800. The standard InChI is InChI=1S/C15H25N3S/c1-15(2)8-11(16-3)13-12(9-15)17-14(19-13)18(4)10-6-5-7-10/h10-11,16H,5-9H2,1-4H3. The fourth-order valence-electron chi connectivity index (χ4n) is 3.23. The maximum atomic E-state index is 4.95. The zero-order valence-electron chi connectivity index (χ0n) is 12.5. The lowest BCUT2D eigenvalue weighted by atomic mass is 9.76. The van der Waals surface area contributed by atoms with Gasteiger partial charge in [0.15, 0.2) is 5.13 Å². The van der Waals surface area contributed by atoms with Crippen molar-refractivity contribution in [1.29, 1.82) is 0 Å². The van der Waals surface area contributed by atoms with Crippen LogP contribution in [-0.2, 0) is 6.42 Å². The molecule has 19 heavy (non-hydrogen) atoms. The van der Waals surface area contributed by atoms with Crippen molar-refractivity contribution in [2.24, 2.45) is 5.41 Å². The minimum atomic E-state index is 0.362. The van der Waals surface area contributed by atoms with E-state index in [1.807, 2.05) is 11.3 Å². The first-order valence-electron chi connectivity index (χ1n) is 7.40. The Morgan fingerprint density at radius 1 is 1.37 bits per heavy atom. The van der Waals surface area contributed by atoms with Crippen molar-refractivity contribution in [3.63, 3.8) is 0 Å². The molecule has 106 valence electrons.